The fraction of sp³-hybridized carbons (Fsp3) is 0.258. The van der Waals surface area contributed by atoms with Crippen molar-refractivity contribution in [1.29, 1.82) is 0 Å². The first-order chi connectivity index (χ1) is 19.6. The average molecular weight is 707 g/mol. The Morgan fingerprint density at radius 2 is 1.78 bits per heavy atom. The minimum absolute atomic E-state index is 0.0135. The average Bonchev–Trinajstić information content (AvgIpc) is 3.02. The van der Waals surface area contributed by atoms with Gasteiger partial charge in [0.1, 0.15) is 18.4 Å². The van der Waals surface area contributed by atoms with E-state index in [0.29, 0.717) is 45.5 Å². The van der Waals surface area contributed by atoms with Crippen LogP contribution in [0.5, 0.6) is 5.75 Å². The normalized spacial score (nSPS) is 15.8. The summed E-state index contributed by atoms with van der Waals surface area (Å²) in [5.74, 6) is -1.19. The first-order valence-corrected chi connectivity index (χ1v) is 14.9. The molecule has 214 valence electrons. The van der Waals surface area contributed by atoms with E-state index in [1.54, 1.807) is 58.3 Å². The number of ether oxygens (including phenoxy) is 1. The molecule has 0 saturated heterocycles. The van der Waals surface area contributed by atoms with Crippen LogP contribution in [0, 0.1) is 3.57 Å². The monoisotopic (exact) mass is 706 g/mol. The Bertz CT molecular complexity index is 1460. The third kappa shape index (κ3) is 7.05. The fourth-order valence-corrected chi connectivity index (χ4v) is 5.70. The number of hydrogen-bond acceptors (Lipinski definition) is 4. The molecule has 0 saturated carbocycles. The number of hydrogen-bond donors (Lipinski definition) is 1. The van der Waals surface area contributed by atoms with E-state index in [1.165, 1.54) is 0 Å². The van der Waals surface area contributed by atoms with Gasteiger partial charge in [0.2, 0.25) is 0 Å². The maximum absolute atomic E-state index is 14.7. The van der Waals surface area contributed by atoms with Gasteiger partial charge in [0, 0.05) is 32.1 Å². The third-order valence-electron chi connectivity index (χ3n) is 6.91. The Morgan fingerprint density at radius 3 is 2.46 bits per heavy atom. The summed E-state index contributed by atoms with van der Waals surface area (Å²) < 4.78 is 6.80. The molecule has 1 heterocycles. The highest BCUT2D eigenvalue weighted by Crippen LogP contribution is 2.43. The van der Waals surface area contributed by atoms with Gasteiger partial charge in [-0.3, -0.25) is 14.4 Å². The van der Waals surface area contributed by atoms with E-state index in [2.05, 4.69) is 29.2 Å². The fourth-order valence-electron chi connectivity index (χ4n) is 4.93. The van der Waals surface area contributed by atoms with Crippen molar-refractivity contribution in [3.63, 3.8) is 0 Å². The van der Waals surface area contributed by atoms with Gasteiger partial charge in [-0.05, 0) is 90.4 Å². The van der Waals surface area contributed by atoms with Crippen LogP contribution in [0.15, 0.2) is 73.3 Å². The van der Waals surface area contributed by atoms with E-state index in [9.17, 15) is 14.4 Å². The number of carboxylic acids is 1. The number of amides is 2. The predicted molar refractivity (Wildman–Crippen MR) is 169 cm³/mol. The smallest absolute Gasteiger partial charge is 0.303 e. The third-order valence-corrected chi connectivity index (χ3v) is 8.07. The second-order valence-electron chi connectivity index (χ2n) is 9.63. The largest absolute Gasteiger partial charge is 0.489 e. The summed E-state index contributed by atoms with van der Waals surface area (Å²) in [6.45, 7) is 6.01. The molecular weight excluding hydrogens is 678 g/mol. The standard InChI is InChI=1S/C31H29Cl2IN2O5/c1-3-16-41-27-17-22(33)11-13-24(27)29-31(40)35(15-5-4-6-28(37)38)26-14-12-23(34)18-25(26)30(39)36(29)19(2)20-7-9-21(32)10-8-20/h3,7-14,17-19,29H,1,4-6,15-16H2,2H3,(H,37,38). The maximum atomic E-state index is 14.7. The van der Waals surface area contributed by atoms with Crippen LogP contribution in [0.25, 0.3) is 0 Å². The molecule has 1 aliphatic heterocycles. The number of carbonyl (C=O) groups is 3. The summed E-state index contributed by atoms with van der Waals surface area (Å²) >= 11 is 14.6. The van der Waals surface area contributed by atoms with Crippen molar-refractivity contribution in [2.45, 2.75) is 38.3 Å². The Kier molecular flexibility index (Phi) is 10.3. The van der Waals surface area contributed by atoms with E-state index in [-0.39, 0.29) is 31.4 Å². The van der Waals surface area contributed by atoms with Gasteiger partial charge in [-0.2, -0.15) is 0 Å². The van der Waals surface area contributed by atoms with Gasteiger partial charge in [0.05, 0.1) is 17.3 Å². The van der Waals surface area contributed by atoms with Crippen LogP contribution in [0.3, 0.4) is 0 Å². The van der Waals surface area contributed by atoms with Crippen LogP contribution in [0.1, 0.15) is 59.8 Å². The molecule has 3 aromatic rings. The zero-order chi connectivity index (χ0) is 29.7. The van der Waals surface area contributed by atoms with Crippen molar-refractivity contribution in [2.75, 3.05) is 18.1 Å². The number of rotatable bonds is 11. The molecule has 1 aliphatic rings. The number of carbonyl (C=O) groups excluding carboxylic acids is 2. The number of benzene rings is 3. The first-order valence-electron chi connectivity index (χ1n) is 13.1. The van der Waals surface area contributed by atoms with Gasteiger partial charge in [-0.15, -0.1) is 0 Å². The Balaban J connectivity index is 1.92. The SMILES string of the molecule is C=CCOc1cc(Cl)ccc1C1C(=O)N(CCCCC(=O)O)c2ccc(I)cc2C(=O)N1C(C)c1ccc(Cl)cc1. The summed E-state index contributed by atoms with van der Waals surface area (Å²) in [6.07, 6.45) is 2.40. The highest BCUT2D eigenvalue weighted by atomic mass is 127. The highest BCUT2D eigenvalue weighted by Gasteiger charge is 2.44. The molecule has 0 bridgehead atoms. The summed E-state index contributed by atoms with van der Waals surface area (Å²) in [5, 5.41) is 10.1. The number of anilines is 1. The van der Waals surface area contributed by atoms with Gasteiger partial charge in [0.25, 0.3) is 11.8 Å². The minimum Gasteiger partial charge on any atom is -0.489 e. The number of unbranched alkanes of at least 4 members (excludes halogenated alkanes) is 1. The summed E-state index contributed by atoms with van der Waals surface area (Å²) in [6, 6.07) is 16.0. The predicted octanol–water partition coefficient (Wildman–Crippen LogP) is 7.71. The lowest BCUT2D eigenvalue weighted by atomic mass is 9.97. The van der Waals surface area contributed by atoms with Gasteiger partial charge in [0.15, 0.2) is 0 Å². The molecule has 7 nitrogen and oxygen atoms in total. The van der Waals surface area contributed by atoms with Gasteiger partial charge < -0.3 is 19.6 Å². The van der Waals surface area contributed by atoms with Crippen LogP contribution in [0.2, 0.25) is 10.0 Å². The Hall–Kier alpha value is -3.08. The summed E-state index contributed by atoms with van der Waals surface area (Å²) in [5.41, 5.74) is 2.14. The van der Waals surface area contributed by atoms with Crippen molar-refractivity contribution in [3.05, 3.63) is 104 Å². The quantitative estimate of drug-likeness (QED) is 0.125. The highest BCUT2D eigenvalue weighted by molar-refractivity contribution is 14.1. The molecule has 2 amide bonds. The van der Waals surface area contributed by atoms with Crippen LogP contribution in [-0.4, -0.2) is 40.9 Å². The lowest BCUT2D eigenvalue weighted by Crippen LogP contribution is -2.44. The molecular formula is C31H29Cl2IN2O5. The molecule has 0 aromatic heterocycles. The van der Waals surface area contributed by atoms with Crippen molar-refractivity contribution in [2.24, 2.45) is 0 Å². The molecule has 0 fully saturated rings. The zero-order valence-corrected chi connectivity index (χ0v) is 26.0. The number of carboxylic acid groups (broad SMARTS) is 1. The van der Waals surface area contributed by atoms with Crippen LogP contribution in [0.4, 0.5) is 5.69 Å². The molecule has 0 radical (unpaired) electrons. The molecule has 10 heteroatoms. The van der Waals surface area contributed by atoms with E-state index in [0.717, 1.165) is 9.13 Å². The van der Waals surface area contributed by atoms with Gasteiger partial charge >= 0.3 is 5.97 Å². The molecule has 1 N–H and O–H groups in total. The van der Waals surface area contributed by atoms with Crippen LogP contribution >= 0.6 is 45.8 Å². The lowest BCUT2D eigenvalue weighted by molar-refractivity contribution is -0.137. The van der Waals surface area contributed by atoms with Crippen molar-refractivity contribution >= 4 is 69.3 Å². The summed E-state index contributed by atoms with van der Waals surface area (Å²) in [7, 11) is 0. The van der Waals surface area contributed by atoms with E-state index < -0.39 is 18.1 Å². The zero-order valence-electron chi connectivity index (χ0n) is 22.4. The number of nitrogens with zero attached hydrogens (tertiary/aromatic N) is 2. The second kappa shape index (κ2) is 13.7. The Labute approximate surface area is 262 Å². The first kappa shape index (κ1) is 30.9. The van der Waals surface area contributed by atoms with Crippen molar-refractivity contribution < 1.29 is 24.2 Å². The maximum Gasteiger partial charge on any atom is 0.303 e. The molecule has 0 aliphatic carbocycles. The topological polar surface area (TPSA) is 87.1 Å². The van der Waals surface area contributed by atoms with Gasteiger partial charge in [-0.1, -0.05) is 54.1 Å². The Morgan fingerprint density at radius 1 is 1.07 bits per heavy atom. The second-order valence-corrected chi connectivity index (χ2v) is 11.7. The van der Waals surface area contributed by atoms with Crippen molar-refractivity contribution in [3.8, 4) is 5.75 Å². The number of aliphatic carboxylic acids is 1. The van der Waals surface area contributed by atoms with Gasteiger partial charge in [-0.25, -0.2) is 0 Å². The number of fused-ring (bicyclic) bond motifs is 1. The lowest BCUT2D eigenvalue weighted by Gasteiger charge is -2.36. The number of halogens is 3. The molecule has 4 rings (SSSR count). The summed E-state index contributed by atoms with van der Waals surface area (Å²) in [4.78, 5) is 43.5. The minimum atomic E-state index is -1.07. The van der Waals surface area contributed by atoms with E-state index >= 15 is 0 Å². The molecule has 3 aromatic carbocycles. The molecule has 41 heavy (non-hydrogen) atoms. The van der Waals surface area contributed by atoms with Crippen LogP contribution < -0.4 is 9.64 Å². The van der Waals surface area contributed by atoms with E-state index in [1.807, 2.05) is 25.1 Å². The van der Waals surface area contributed by atoms with E-state index in [4.69, 9.17) is 33.0 Å². The molecule has 0 spiro atoms. The van der Waals surface area contributed by atoms with Crippen molar-refractivity contribution in [1.82, 2.24) is 4.90 Å². The molecule has 2 atom stereocenters. The molecule has 2 unspecified atom stereocenters. The van der Waals surface area contributed by atoms with Crippen LogP contribution in [-0.2, 0) is 9.59 Å².